The third-order valence-corrected chi connectivity index (χ3v) is 13.5. The van der Waals surface area contributed by atoms with Crippen LogP contribution in [0.4, 0.5) is 0 Å². The molecule has 5 aliphatic rings. The predicted molar refractivity (Wildman–Crippen MR) is 131 cm³/mol. The van der Waals surface area contributed by atoms with Crippen LogP contribution in [0, 0.1) is 56.7 Å². The molecule has 0 radical (unpaired) electrons. The third kappa shape index (κ3) is 2.65. The lowest BCUT2D eigenvalue weighted by molar-refractivity contribution is -0.246. The number of rotatable bonds is 1. The van der Waals surface area contributed by atoms with E-state index in [2.05, 4.69) is 55.0 Å². The van der Waals surface area contributed by atoms with Crippen LogP contribution in [0.2, 0.25) is 0 Å². The molecule has 5 fully saturated rings. The van der Waals surface area contributed by atoms with Crippen LogP contribution in [-0.4, -0.2) is 11.2 Å². The zero-order chi connectivity index (χ0) is 22.6. The van der Waals surface area contributed by atoms with Crippen LogP contribution in [0.25, 0.3) is 0 Å². The van der Waals surface area contributed by atoms with Gasteiger partial charge in [-0.1, -0.05) is 53.7 Å². The molecule has 176 valence electrons. The van der Waals surface area contributed by atoms with Gasteiger partial charge >= 0.3 is 0 Å². The standard InChI is InChI=1S/C30H50O/c1-19(2)20-11-14-27(5)17-18-29(7)21(25(20)27)9-10-23-28(6)15-13-24(31)26(3,4)22(28)12-16-30(23,29)8/h20-25,31H,1,9-18H2,2-8H3/t20?,21?,22?,23?,24?,25?,27?,28-,29+,30+/m0/s1. The topological polar surface area (TPSA) is 20.2 Å². The maximum absolute atomic E-state index is 10.9. The third-order valence-electron chi connectivity index (χ3n) is 13.5. The van der Waals surface area contributed by atoms with Crippen LogP contribution in [0.3, 0.4) is 0 Å². The van der Waals surface area contributed by atoms with Crippen molar-refractivity contribution in [2.45, 2.75) is 119 Å². The predicted octanol–water partition coefficient (Wildman–Crippen LogP) is 8.02. The summed E-state index contributed by atoms with van der Waals surface area (Å²) in [6.07, 6.45) is 13.4. The van der Waals surface area contributed by atoms with Crippen molar-refractivity contribution in [3.8, 4) is 0 Å². The van der Waals surface area contributed by atoms with E-state index in [0.29, 0.717) is 27.6 Å². The Balaban J connectivity index is 1.54. The molecule has 1 nitrogen and oxygen atoms in total. The number of hydrogen-bond donors (Lipinski definition) is 1. The fraction of sp³-hybridized carbons (Fsp3) is 0.933. The van der Waals surface area contributed by atoms with Crippen molar-refractivity contribution >= 4 is 0 Å². The Morgan fingerprint density at radius 3 is 2.13 bits per heavy atom. The fourth-order valence-electron chi connectivity index (χ4n) is 11.5. The van der Waals surface area contributed by atoms with E-state index in [1.54, 1.807) is 0 Å². The summed E-state index contributed by atoms with van der Waals surface area (Å²) >= 11 is 0. The largest absolute Gasteiger partial charge is 0.393 e. The Bertz CT molecular complexity index is 766. The van der Waals surface area contributed by atoms with Crippen LogP contribution in [0.15, 0.2) is 12.2 Å². The minimum Gasteiger partial charge on any atom is -0.393 e. The normalized spacial score (nSPS) is 57.9. The fourth-order valence-corrected chi connectivity index (χ4v) is 11.5. The van der Waals surface area contributed by atoms with Gasteiger partial charge in [0.05, 0.1) is 6.10 Å². The average molecular weight is 427 g/mol. The molecular weight excluding hydrogens is 376 g/mol. The molecular formula is C30H50O. The molecule has 5 saturated carbocycles. The molecule has 0 amide bonds. The van der Waals surface area contributed by atoms with Gasteiger partial charge in [0.1, 0.15) is 0 Å². The summed E-state index contributed by atoms with van der Waals surface area (Å²) in [4.78, 5) is 0. The number of allylic oxidation sites excluding steroid dienone is 1. The van der Waals surface area contributed by atoms with Crippen LogP contribution in [0.1, 0.15) is 113 Å². The van der Waals surface area contributed by atoms with Crippen LogP contribution < -0.4 is 0 Å². The van der Waals surface area contributed by atoms with E-state index in [4.69, 9.17) is 0 Å². The van der Waals surface area contributed by atoms with Crippen LogP contribution >= 0.6 is 0 Å². The van der Waals surface area contributed by atoms with Gasteiger partial charge in [-0.2, -0.15) is 0 Å². The van der Waals surface area contributed by atoms with E-state index in [9.17, 15) is 5.11 Å². The second kappa shape index (κ2) is 6.64. The summed E-state index contributed by atoms with van der Waals surface area (Å²) in [5.74, 6) is 3.98. The summed E-state index contributed by atoms with van der Waals surface area (Å²) in [5.41, 5.74) is 3.38. The van der Waals surface area contributed by atoms with Gasteiger partial charge in [0.15, 0.2) is 0 Å². The quantitative estimate of drug-likeness (QED) is 0.421. The van der Waals surface area contributed by atoms with E-state index in [1.807, 2.05) is 0 Å². The van der Waals surface area contributed by atoms with E-state index >= 15 is 0 Å². The zero-order valence-corrected chi connectivity index (χ0v) is 21.7. The Kier molecular flexibility index (Phi) is 4.82. The first-order chi connectivity index (χ1) is 14.3. The smallest absolute Gasteiger partial charge is 0.0594 e. The van der Waals surface area contributed by atoms with Crippen molar-refractivity contribution in [1.29, 1.82) is 0 Å². The first-order valence-corrected chi connectivity index (χ1v) is 13.6. The summed E-state index contributed by atoms with van der Waals surface area (Å²) in [7, 11) is 0. The molecule has 0 bridgehead atoms. The monoisotopic (exact) mass is 426 g/mol. The highest BCUT2D eigenvalue weighted by Crippen LogP contribution is 2.77. The molecule has 0 heterocycles. The minimum absolute atomic E-state index is 0.0632. The molecule has 1 heteroatoms. The van der Waals surface area contributed by atoms with Gasteiger partial charge in [-0.05, 0) is 128 Å². The second-order valence-corrected chi connectivity index (χ2v) is 14.7. The van der Waals surface area contributed by atoms with Crippen molar-refractivity contribution in [1.82, 2.24) is 0 Å². The average Bonchev–Trinajstić information content (AvgIpc) is 3.04. The van der Waals surface area contributed by atoms with Gasteiger partial charge in [-0.3, -0.25) is 0 Å². The summed E-state index contributed by atoms with van der Waals surface area (Å²) in [5, 5.41) is 10.9. The summed E-state index contributed by atoms with van der Waals surface area (Å²) < 4.78 is 0. The van der Waals surface area contributed by atoms with Gasteiger partial charge in [-0.25, -0.2) is 0 Å². The maximum Gasteiger partial charge on any atom is 0.0594 e. The number of aliphatic hydroxyl groups excluding tert-OH is 1. The Labute approximate surface area is 192 Å². The van der Waals surface area contributed by atoms with Gasteiger partial charge in [0.2, 0.25) is 0 Å². The van der Waals surface area contributed by atoms with E-state index in [0.717, 1.165) is 30.1 Å². The number of fused-ring (bicyclic) bond motifs is 7. The first kappa shape index (κ1) is 22.5. The van der Waals surface area contributed by atoms with Gasteiger partial charge in [0, 0.05) is 0 Å². The molecule has 0 aromatic carbocycles. The summed E-state index contributed by atoms with van der Waals surface area (Å²) in [6, 6.07) is 0. The lowest BCUT2D eigenvalue weighted by atomic mass is 9.32. The number of aliphatic hydroxyl groups is 1. The van der Waals surface area contributed by atoms with Crippen LogP contribution in [-0.2, 0) is 0 Å². The molecule has 10 atom stereocenters. The molecule has 0 aliphatic heterocycles. The second-order valence-electron chi connectivity index (χ2n) is 14.7. The van der Waals surface area contributed by atoms with E-state index < -0.39 is 0 Å². The zero-order valence-electron chi connectivity index (χ0n) is 21.7. The van der Waals surface area contributed by atoms with Crippen molar-refractivity contribution in [3.05, 3.63) is 12.2 Å². The highest BCUT2D eigenvalue weighted by atomic mass is 16.3. The first-order valence-electron chi connectivity index (χ1n) is 13.6. The highest BCUT2D eigenvalue weighted by Gasteiger charge is 2.70. The lowest BCUT2D eigenvalue weighted by Crippen LogP contribution is -2.66. The van der Waals surface area contributed by atoms with Crippen molar-refractivity contribution in [3.63, 3.8) is 0 Å². The lowest BCUT2D eigenvalue weighted by Gasteiger charge is -2.73. The summed E-state index contributed by atoms with van der Waals surface area (Å²) in [6.45, 7) is 22.3. The van der Waals surface area contributed by atoms with Crippen molar-refractivity contribution < 1.29 is 5.11 Å². The minimum atomic E-state index is -0.118. The maximum atomic E-state index is 10.9. The molecule has 0 aromatic rings. The Morgan fingerprint density at radius 1 is 0.742 bits per heavy atom. The van der Waals surface area contributed by atoms with Crippen molar-refractivity contribution in [2.24, 2.45) is 56.7 Å². The van der Waals surface area contributed by atoms with E-state index in [1.165, 1.54) is 63.4 Å². The highest BCUT2D eigenvalue weighted by molar-refractivity contribution is 5.21. The molecule has 0 aromatic heterocycles. The Morgan fingerprint density at radius 2 is 1.45 bits per heavy atom. The van der Waals surface area contributed by atoms with Gasteiger partial charge < -0.3 is 5.11 Å². The van der Waals surface area contributed by atoms with Gasteiger partial charge in [-0.15, -0.1) is 0 Å². The van der Waals surface area contributed by atoms with Gasteiger partial charge in [0.25, 0.3) is 0 Å². The van der Waals surface area contributed by atoms with Crippen molar-refractivity contribution in [2.75, 3.05) is 0 Å². The van der Waals surface area contributed by atoms with E-state index in [-0.39, 0.29) is 11.5 Å². The van der Waals surface area contributed by atoms with Crippen LogP contribution in [0.5, 0.6) is 0 Å². The Hall–Kier alpha value is -0.300. The molecule has 31 heavy (non-hydrogen) atoms. The number of hydrogen-bond acceptors (Lipinski definition) is 1. The molecule has 1 N–H and O–H groups in total. The molecule has 5 aliphatic carbocycles. The molecule has 0 saturated heterocycles. The molecule has 5 rings (SSSR count). The SMILES string of the molecule is C=C(C)C1CCC2(C)CC[C@]3(C)C(CCC4[C@@]5(C)CCC(O)C(C)(C)C5CC[C@]43C)C12. The molecule has 0 spiro atoms. The molecule has 7 unspecified atom stereocenters.